The molecule has 0 unspecified atom stereocenters. The first kappa shape index (κ1) is 20.3. The van der Waals surface area contributed by atoms with Crippen LogP contribution in [0.15, 0.2) is 83.3 Å². The summed E-state index contributed by atoms with van der Waals surface area (Å²) in [6.07, 6.45) is 0. The molecule has 0 saturated carbocycles. The molecule has 31 heavy (non-hydrogen) atoms. The fourth-order valence-electron chi connectivity index (χ4n) is 2.97. The molecular weight excluding hydrogens is 410 g/mol. The molecule has 0 atom stereocenters. The van der Waals surface area contributed by atoms with E-state index in [0.717, 1.165) is 10.9 Å². The maximum atomic E-state index is 12.4. The minimum absolute atomic E-state index is 0.185. The van der Waals surface area contributed by atoms with Crippen molar-refractivity contribution in [2.24, 2.45) is 0 Å². The van der Waals surface area contributed by atoms with Gasteiger partial charge < -0.3 is 15.1 Å². The van der Waals surface area contributed by atoms with E-state index in [0.29, 0.717) is 22.5 Å². The standard InChI is InChI=1S/C24H19N3O3S/c1-15-6-8-16(9-7-15)22(28)27-24(31)26-19-12-10-18(11-13-19)25-23(29)21-14-17-4-2-3-5-20(17)30-21/h2-14H,1H3,(H,25,29)(H2,26,27,28,31). The van der Waals surface area contributed by atoms with Gasteiger partial charge in [-0.15, -0.1) is 0 Å². The second-order valence-electron chi connectivity index (χ2n) is 6.95. The van der Waals surface area contributed by atoms with Crippen molar-refractivity contribution in [1.29, 1.82) is 0 Å². The van der Waals surface area contributed by atoms with E-state index < -0.39 is 0 Å². The van der Waals surface area contributed by atoms with Crippen molar-refractivity contribution in [2.75, 3.05) is 10.6 Å². The van der Waals surface area contributed by atoms with Gasteiger partial charge in [-0.05, 0) is 67.7 Å². The van der Waals surface area contributed by atoms with Crippen LogP contribution in [0.3, 0.4) is 0 Å². The third kappa shape index (κ3) is 4.96. The number of para-hydroxylation sites is 1. The van der Waals surface area contributed by atoms with Gasteiger partial charge in [0.1, 0.15) is 5.58 Å². The first-order valence-electron chi connectivity index (χ1n) is 9.57. The van der Waals surface area contributed by atoms with Gasteiger partial charge in [0.05, 0.1) is 0 Å². The van der Waals surface area contributed by atoms with E-state index in [1.165, 1.54) is 0 Å². The minimum atomic E-state index is -0.335. The summed E-state index contributed by atoms with van der Waals surface area (Å²) in [6, 6.07) is 23.3. The average Bonchev–Trinajstić information content (AvgIpc) is 3.20. The van der Waals surface area contributed by atoms with Gasteiger partial charge in [-0.1, -0.05) is 35.9 Å². The molecule has 0 aliphatic heterocycles. The number of benzene rings is 3. The van der Waals surface area contributed by atoms with Crippen LogP contribution >= 0.6 is 12.2 Å². The lowest BCUT2D eigenvalue weighted by Gasteiger charge is -2.10. The quantitative estimate of drug-likeness (QED) is 0.392. The van der Waals surface area contributed by atoms with Crippen LogP contribution in [0.2, 0.25) is 0 Å². The lowest BCUT2D eigenvalue weighted by atomic mass is 10.1. The predicted octanol–water partition coefficient (Wildman–Crippen LogP) is 5.12. The van der Waals surface area contributed by atoms with Crippen molar-refractivity contribution in [1.82, 2.24) is 5.32 Å². The van der Waals surface area contributed by atoms with Crippen LogP contribution in [0.1, 0.15) is 26.5 Å². The third-order valence-electron chi connectivity index (χ3n) is 4.59. The Morgan fingerprint density at radius 1 is 0.806 bits per heavy atom. The van der Waals surface area contributed by atoms with Gasteiger partial charge in [0.2, 0.25) is 0 Å². The first-order chi connectivity index (χ1) is 15.0. The van der Waals surface area contributed by atoms with Crippen molar-refractivity contribution in [3.05, 3.63) is 95.7 Å². The molecule has 4 aromatic rings. The molecule has 0 aliphatic rings. The van der Waals surface area contributed by atoms with Gasteiger partial charge in [-0.2, -0.15) is 0 Å². The smallest absolute Gasteiger partial charge is 0.291 e. The first-order valence-corrected chi connectivity index (χ1v) is 9.98. The highest BCUT2D eigenvalue weighted by atomic mass is 32.1. The summed E-state index contributed by atoms with van der Waals surface area (Å²) in [5.74, 6) is -0.381. The molecular formula is C24H19N3O3S. The van der Waals surface area contributed by atoms with Gasteiger partial charge >= 0.3 is 0 Å². The fourth-order valence-corrected chi connectivity index (χ4v) is 3.18. The molecule has 0 bridgehead atoms. The molecule has 3 aromatic carbocycles. The number of carbonyl (C=O) groups is 2. The maximum absolute atomic E-state index is 12.4. The van der Waals surface area contributed by atoms with Crippen LogP contribution in [0.25, 0.3) is 11.0 Å². The van der Waals surface area contributed by atoms with Crippen LogP contribution < -0.4 is 16.0 Å². The summed E-state index contributed by atoms with van der Waals surface area (Å²) in [4.78, 5) is 24.7. The van der Waals surface area contributed by atoms with Crippen molar-refractivity contribution in [2.45, 2.75) is 6.92 Å². The molecule has 0 spiro atoms. The van der Waals surface area contributed by atoms with E-state index in [1.54, 1.807) is 42.5 Å². The van der Waals surface area contributed by atoms with E-state index in [-0.39, 0.29) is 22.7 Å². The number of rotatable bonds is 4. The zero-order valence-corrected chi connectivity index (χ0v) is 17.5. The zero-order valence-electron chi connectivity index (χ0n) is 16.6. The van der Waals surface area contributed by atoms with Crippen LogP contribution in [0.4, 0.5) is 11.4 Å². The molecule has 4 rings (SSSR count). The number of furan rings is 1. The van der Waals surface area contributed by atoms with Gasteiger partial charge in [0, 0.05) is 22.3 Å². The number of fused-ring (bicyclic) bond motifs is 1. The van der Waals surface area contributed by atoms with Crippen LogP contribution in [0, 0.1) is 6.92 Å². The topological polar surface area (TPSA) is 83.4 Å². The molecule has 0 aliphatic carbocycles. The summed E-state index contributed by atoms with van der Waals surface area (Å²) < 4.78 is 5.58. The number of aryl methyl sites for hydroxylation is 1. The molecule has 2 amide bonds. The predicted molar refractivity (Wildman–Crippen MR) is 125 cm³/mol. The summed E-state index contributed by atoms with van der Waals surface area (Å²) in [6.45, 7) is 1.96. The van der Waals surface area contributed by atoms with Crippen molar-refractivity contribution >= 4 is 51.5 Å². The second kappa shape index (κ2) is 8.81. The Labute approximate surface area is 184 Å². The number of hydrogen-bond acceptors (Lipinski definition) is 4. The number of carbonyl (C=O) groups excluding carboxylic acids is 2. The molecule has 0 radical (unpaired) electrons. The lowest BCUT2D eigenvalue weighted by Crippen LogP contribution is -2.34. The van der Waals surface area contributed by atoms with Gasteiger partial charge in [0.25, 0.3) is 11.8 Å². The SMILES string of the molecule is Cc1ccc(C(=O)NC(=S)Nc2ccc(NC(=O)c3cc4ccccc4o3)cc2)cc1. The highest BCUT2D eigenvalue weighted by Gasteiger charge is 2.12. The van der Waals surface area contributed by atoms with Crippen molar-refractivity contribution < 1.29 is 14.0 Å². The Bertz CT molecular complexity index is 1230. The minimum Gasteiger partial charge on any atom is -0.451 e. The van der Waals surface area contributed by atoms with Crippen molar-refractivity contribution in [3.63, 3.8) is 0 Å². The largest absolute Gasteiger partial charge is 0.451 e. The zero-order chi connectivity index (χ0) is 21.8. The molecule has 3 N–H and O–H groups in total. The molecule has 1 heterocycles. The monoisotopic (exact) mass is 429 g/mol. The number of amides is 2. The Kier molecular flexibility index (Phi) is 5.77. The molecule has 0 saturated heterocycles. The van der Waals surface area contributed by atoms with Crippen LogP contribution in [0.5, 0.6) is 0 Å². The summed E-state index contributed by atoms with van der Waals surface area (Å²) in [7, 11) is 0. The molecule has 7 heteroatoms. The summed E-state index contributed by atoms with van der Waals surface area (Å²) in [5.41, 5.74) is 3.54. The highest BCUT2D eigenvalue weighted by molar-refractivity contribution is 7.80. The molecule has 6 nitrogen and oxygen atoms in total. The molecule has 154 valence electrons. The summed E-state index contributed by atoms with van der Waals surface area (Å²) >= 11 is 5.21. The van der Waals surface area contributed by atoms with E-state index in [1.807, 2.05) is 43.3 Å². The van der Waals surface area contributed by atoms with E-state index in [2.05, 4.69) is 16.0 Å². The van der Waals surface area contributed by atoms with E-state index >= 15 is 0 Å². The number of hydrogen-bond donors (Lipinski definition) is 3. The Hall–Kier alpha value is -3.97. The van der Waals surface area contributed by atoms with E-state index in [9.17, 15) is 9.59 Å². The highest BCUT2D eigenvalue weighted by Crippen LogP contribution is 2.20. The van der Waals surface area contributed by atoms with Crippen molar-refractivity contribution in [3.8, 4) is 0 Å². The third-order valence-corrected chi connectivity index (χ3v) is 4.79. The average molecular weight is 430 g/mol. The van der Waals surface area contributed by atoms with Gasteiger partial charge in [-0.3, -0.25) is 14.9 Å². The molecule has 1 aromatic heterocycles. The van der Waals surface area contributed by atoms with Crippen LogP contribution in [-0.2, 0) is 0 Å². The fraction of sp³-hybridized carbons (Fsp3) is 0.0417. The lowest BCUT2D eigenvalue weighted by molar-refractivity contribution is 0.0975. The van der Waals surface area contributed by atoms with Gasteiger partial charge in [-0.25, -0.2) is 0 Å². The Morgan fingerprint density at radius 2 is 1.45 bits per heavy atom. The number of anilines is 2. The Morgan fingerprint density at radius 3 is 2.13 bits per heavy atom. The maximum Gasteiger partial charge on any atom is 0.291 e. The number of thiocarbonyl (C=S) groups is 1. The van der Waals surface area contributed by atoms with Gasteiger partial charge in [0.15, 0.2) is 10.9 Å². The Balaban J connectivity index is 1.34. The van der Waals surface area contributed by atoms with Crippen LogP contribution in [-0.4, -0.2) is 16.9 Å². The number of nitrogens with one attached hydrogen (secondary N) is 3. The normalized spacial score (nSPS) is 10.5. The summed E-state index contributed by atoms with van der Waals surface area (Å²) in [5, 5.41) is 9.45. The molecule has 0 fully saturated rings. The second-order valence-corrected chi connectivity index (χ2v) is 7.36. The van der Waals surface area contributed by atoms with E-state index in [4.69, 9.17) is 16.6 Å².